The molecule has 0 fully saturated rings. The van der Waals surface area contributed by atoms with Crippen LogP contribution in [0.3, 0.4) is 0 Å². The summed E-state index contributed by atoms with van der Waals surface area (Å²) in [5, 5.41) is 3.44. The van der Waals surface area contributed by atoms with Crippen LogP contribution in [0.25, 0.3) is 0 Å². The lowest BCUT2D eigenvalue weighted by Gasteiger charge is -2.19. The minimum absolute atomic E-state index is 0.503. The predicted molar refractivity (Wildman–Crippen MR) is 75.2 cm³/mol. The van der Waals surface area contributed by atoms with Crippen molar-refractivity contribution in [1.82, 2.24) is 5.32 Å². The molecule has 0 spiro atoms. The molecule has 1 unspecified atom stereocenters. The van der Waals surface area contributed by atoms with Gasteiger partial charge < -0.3 is 14.8 Å². The van der Waals surface area contributed by atoms with Crippen LogP contribution in [0.5, 0.6) is 0 Å². The third-order valence-electron chi connectivity index (χ3n) is 3.17. The van der Waals surface area contributed by atoms with Crippen molar-refractivity contribution in [3.63, 3.8) is 0 Å². The molecule has 0 aromatic heterocycles. The van der Waals surface area contributed by atoms with Crippen LogP contribution in [0.2, 0.25) is 0 Å². The van der Waals surface area contributed by atoms with Gasteiger partial charge in [0.2, 0.25) is 0 Å². The molecule has 0 bridgehead atoms. The largest absolute Gasteiger partial charge is 0.385 e. The molecule has 0 aliphatic rings. The standard InChI is InChI=1S/C15H25NO2/c1-13-6-4-5-7-15(13)14(8-10-17-2)12-16-9-11-18-3/h4-7,14,16H,8-12H2,1-3H3. The first-order valence-electron chi connectivity index (χ1n) is 6.53. The fourth-order valence-corrected chi connectivity index (χ4v) is 2.12. The number of rotatable bonds is 9. The van der Waals surface area contributed by atoms with Gasteiger partial charge in [0.05, 0.1) is 6.61 Å². The first kappa shape index (κ1) is 15.2. The van der Waals surface area contributed by atoms with Gasteiger partial charge in [0.25, 0.3) is 0 Å². The zero-order valence-corrected chi connectivity index (χ0v) is 11.7. The van der Waals surface area contributed by atoms with Crippen molar-refractivity contribution in [3.05, 3.63) is 35.4 Å². The first-order valence-corrected chi connectivity index (χ1v) is 6.53. The highest BCUT2D eigenvalue weighted by atomic mass is 16.5. The van der Waals surface area contributed by atoms with E-state index < -0.39 is 0 Å². The highest BCUT2D eigenvalue weighted by Crippen LogP contribution is 2.22. The Morgan fingerprint density at radius 2 is 1.83 bits per heavy atom. The van der Waals surface area contributed by atoms with Crippen LogP contribution >= 0.6 is 0 Å². The maximum atomic E-state index is 5.21. The molecular formula is C15H25NO2. The van der Waals surface area contributed by atoms with Crippen LogP contribution in [0, 0.1) is 6.92 Å². The molecule has 0 aliphatic heterocycles. The van der Waals surface area contributed by atoms with E-state index in [1.807, 2.05) is 0 Å². The maximum Gasteiger partial charge on any atom is 0.0587 e. The molecule has 18 heavy (non-hydrogen) atoms. The third-order valence-corrected chi connectivity index (χ3v) is 3.17. The van der Waals surface area contributed by atoms with Crippen molar-refractivity contribution in [1.29, 1.82) is 0 Å². The van der Waals surface area contributed by atoms with Crippen molar-refractivity contribution >= 4 is 0 Å². The minimum Gasteiger partial charge on any atom is -0.385 e. The molecule has 0 aliphatic carbocycles. The number of aryl methyl sites for hydroxylation is 1. The lowest BCUT2D eigenvalue weighted by atomic mass is 9.92. The van der Waals surface area contributed by atoms with Crippen LogP contribution in [-0.4, -0.2) is 40.5 Å². The highest BCUT2D eigenvalue weighted by molar-refractivity contribution is 5.29. The average molecular weight is 251 g/mol. The van der Waals surface area contributed by atoms with E-state index in [0.29, 0.717) is 5.92 Å². The summed E-state index contributed by atoms with van der Waals surface area (Å²) in [6, 6.07) is 8.58. The molecule has 3 nitrogen and oxygen atoms in total. The summed E-state index contributed by atoms with van der Waals surface area (Å²) >= 11 is 0. The zero-order chi connectivity index (χ0) is 13.2. The van der Waals surface area contributed by atoms with Crippen molar-refractivity contribution < 1.29 is 9.47 Å². The lowest BCUT2D eigenvalue weighted by Crippen LogP contribution is -2.26. The van der Waals surface area contributed by atoms with Crippen LogP contribution in [0.15, 0.2) is 24.3 Å². The minimum atomic E-state index is 0.503. The summed E-state index contributed by atoms with van der Waals surface area (Å²) in [6.45, 7) is 5.59. The van der Waals surface area contributed by atoms with E-state index in [-0.39, 0.29) is 0 Å². The van der Waals surface area contributed by atoms with Crippen molar-refractivity contribution in [2.24, 2.45) is 0 Å². The first-order chi connectivity index (χ1) is 8.79. The van der Waals surface area contributed by atoms with Gasteiger partial charge in [-0.3, -0.25) is 0 Å². The van der Waals surface area contributed by atoms with E-state index in [4.69, 9.17) is 9.47 Å². The van der Waals surface area contributed by atoms with Crippen LogP contribution in [-0.2, 0) is 9.47 Å². The molecule has 1 N–H and O–H groups in total. The average Bonchev–Trinajstić information content (AvgIpc) is 2.39. The van der Waals surface area contributed by atoms with Crippen molar-refractivity contribution in [2.75, 3.05) is 40.5 Å². The molecular weight excluding hydrogens is 226 g/mol. The van der Waals surface area contributed by atoms with Crippen molar-refractivity contribution in [2.45, 2.75) is 19.3 Å². The molecule has 1 atom stereocenters. The normalized spacial score (nSPS) is 12.6. The SMILES string of the molecule is COCCNCC(CCOC)c1ccccc1C. The second-order valence-corrected chi connectivity index (χ2v) is 4.53. The van der Waals surface area contributed by atoms with Gasteiger partial charge in [-0.2, -0.15) is 0 Å². The Balaban J connectivity index is 2.57. The number of hydrogen-bond acceptors (Lipinski definition) is 3. The zero-order valence-electron chi connectivity index (χ0n) is 11.7. The van der Waals surface area contributed by atoms with Gasteiger partial charge in [0.1, 0.15) is 0 Å². The number of benzene rings is 1. The summed E-state index contributed by atoms with van der Waals surface area (Å²) in [4.78, 5) is 0. The Kier molecular flexibility index (Phi) is 7.65. The maximum absolute atomic E-state index is 5.21. The van der Waals surface area contributed by atoms with E-state index in [9.17, 15) is 0 Å². The van der Waals surface area contributed by atoms with Crippen LogP contribution in [0.4, 0.5) is 0 Å². The fraction of sp³-hybridized carbons (Fsp3) is 0.600. The molecule has 102 valence electrons. The number of methoxy groups -OCH3 is 2. The quantitative estimate of drug-likeness (QED) is 0.683. The molecule has 0 heterocycles. The lowest BCUT2D eigenvalue weighted by molar-refractivity contribution is 0.183. The van der Waals surface area contributed by atoms with Gasteiger partial charge in [-0.25, -0.2) is 0 Å². The van der Waals surface area contributed by atoms with Gasteiger partial charge >= 0.3 is 0 Å². The molecule has 0 saturated carbocycles. The molecule has 0 radical (unpaired) electrons. The Bertz CT molecular complexity index is 328. The van der Waals surface area contributed by atoms with E-state index in [1.54, 1.807) is 14.2 Å². The Hall–Kier alpha value is -0.900. The second kappa shape index (κ2) is 9.09. The number of hydrogen-bond donors (Lipinski definition) is 1. The van der Waals surface area contributed by atoms with Gasteiger partial charge in [0, 0.05) is 33.9 Å². The van der Waals surface area contributed by atoms with Crippen LogP contribution in [0.1, 0.15) is 23.5 Å². The molecule has 3 heteroatoms. The summed E-state index contributed by atoms with van der Waals surface area (Å²) < 4.78 is 10.3. The smallest absolute Gasteiger partial charge is 0.0587 e. The fourth-order valence-electron chi connectivity index (χ4n) is 2.12. The van der Waals surface area contributed by atoms with Crippen LogP contribution < -0.4 is 5.32 Å². The summed E-state index contributed by atoms with van der Waals surface area (Å²) in [5.74, 6) is 0.503. The van der Waals surface area contributed by atoms with E-state index in [1.165, 1.54) is 11.1 Å². The van der Waals surface area contributed by atoms with Crippen molar-refractivity contribution in [3.8, 4) is 0 Å². The molecule has 1 rings (SSSR count). The number of nitrogens with one attached hydrogen (secondary N) is 1. The Morgan fingerprint density at radius 3 is 2.50 bits per heavy atom. The van der Waals surface area contributed by atoms with Gasteiger partial charge in [-0.1, -0.05) is 24.3 Å². The third kappa shape index (κ3) is 5.17. The Morgan fingerprint density at radius 1 is 1.11 bits per heavy atom. The van der Waals surface area contributed by atoms with Gasteiger partial charge in [0.15, 0.2) is 0 Å². The van der Waals surface area contributed by atoms with E-state index in [2.05, 4.69) is 36.5 Å². The Labute approximate surface area is 110 Å². The van der Waals surface area contributed by atoms with E-state index >= 15 is 0 Å². The molecule has 1 aromatic carbocycles. The molecule has 1 aromatic rings. The summed E-state index contributed by atoms with van der Waals surface area (Å²) in [7, 11) is 3.48. The number of ether oxygens (including phenoxy) is 2. The predicted octanol–water partition coefficient (Wildman–Crippen LogP) is 2.35. The highest BCUT2D eigenvalue weighted by Gasteiger charge is 2.12. The summed E-state index contributed by atoms with van der Waals surface area (Å²) in [5.41, 5.74) is 2.77. The molecule has 0 amide bonds. The van der Waals surface area contributed by atoms with Gasteiger partial charge in [-0.15, -0.1) is 0 Å². The summed E-state index contributed by atoms with van der Waals surface area (Å²) in [6.07, 6.45) is 1.04. The second-order valence-electron chi connectivity index (χ2n) is 4.53. The van der Waals surface area contributed by atoms with Gasteiger partial charge in [-0.05, 0) is 30.4 Å². The topological polar surface area (TPSA) is 30.5 Å². The van der Waals surface area contributed by atoms with E-state index in [0.717, 1.165) is 32.7 Å². The molecule has 0 saturated heterocycles. The monoisotopic (exact) mass is 251 g/mol.